The lowest BCUT2D eigenvalue weighted by Crippen LogP contribution is -2.26. The van der Waals surface area contributed by atoms with Gasteiger partial charge in [-0.05, 0) is 26.2 Å². The van der Waals surface area contributed by atoms with Gasteiger partial charge in [0.05, 0.1) is 18.6 Å². The van der Waals surface area contributed by atoms with E-state index < -0.39 is 5.97 Å². The van der Waals surface area contributed by atoms with Crippen LogP contribution in [0.25, 0.3) is 0 Å². The van der Waals surface area contributed by atoms with Crippen LogP contribution in [0.15, 0.2) is 0 Å². The summed E-state index contributed by atoms with van der Waals surface area (Å²) in [5.74, 6) is -0.988. The van der Waals surface area contributed by atoms with E-state index in [1.807, 2.05) is 6.92 Å². The predicted molar refractivity (Wildman–Crippen MR) is 58.1 cm³/mol. The summed E-state index contributed by atoms with van der Waals surface area (Å²) >= 11 is 0. The van der Waals surface area contributed by atoms with Gasteiger partial charge in [0.1, 0.15) is 0 Å². The minimum absolute atomic E-state index is 0.0251. The molecule has 1 aliphatic rings. The number of carboxylic acids is 1. The quantitative estimate of drug-likeness (QED) is 0.710. The Morgan fingerprint density at radius 2 is 2.12 bits per heavy atom. The Bertz CT molecular complexity index is 254. The molecule has 0 aromatic heterocycles. The van der Waals surface area contributed by atoms with Gasteiger partial charge in [0.25, 0.3) is 0 Å². The summed E-state index contributed by atoms with van der Waals surface area (Å²) in [7, 11) is 0. The average molecular weight is 229 g/mol. The number of ether oxygens (including phenoxy) is 1. The summed E-state index contributed by atoms with van der Waals surface area (Å²) < 4.78 is 5.58. The first-order valence-corrected chi connectivity index (χ1v) is 5.72. The molecule has 5 heteroatoms. The van der Waals surface area contributed by atoms with E-state index in [1.54, 1.807) is 0 Å². The lowest BCUT2D eigenvalue weighted by molar-refractivity contribution is -0.136. The maximum Gasteiger partial charge on any atom is 0.305 e. The van der Waals surface area contributed by atoms with Crippen molar-refractivity contribution in [3.8, 4) is 0 Å². The van der Waals surface area contributed by atoms with E-state index in [2.05, 4.69) is 5.32 Å². The van der Waals surface area contributed by atoms with Gasteiger partial charge in [-0.1, -0.05) is 0 Å². The highest BCUT2D eigenvalue weighted by Gasteiger charge is 2.21. The second-order valence-electron chi connectivity index (χ2n) is 4.18. The minimum atomic E-state index is -0.895. The number of carbonyl (C=O) groups excluding carboxylic acids is 1. The van der Waals surface area contributed by atoms with E-state index in [1.165, 1.54) is 0 Å². The lowest BCUT2D eigenvalue weighted by Gasteiger charge is -2.10. The van der Waals surface area contributed by atoms with Crippen LogP contribution < -0.4 is 5.32 Å². The highest BCUT2D eigenvalue weighted by Crippen LogP contribution is 2.22. The van der Waals surface area contributed by atoms with Gasteiger partial charge in [-0.25, -0.2) is 0 Å². The normalized spacial score (nSPS) is 24.3. The lowest BCUT2D eigenvalue weighted by atomic mass is 10.1. The number of hydrogen-bond donors (Lipinski definition) is 2. The second kappa shape index (κ2) is 6.48. The number of carboxylic acid groups (broad SMARTS) is 1. The largest absolute Gasteiger partial charge is 0.481 e. The summed E-state index contributed by atoms with van der Waals surface area (Å²) in [4.78, 5) is 21.5. The molecule has 2 unspecified atom stereocenters. The molecule has 0 saturated carbocycles. The Morgan fingerprint density at radius 1 is 1.38 bits per heavy atom. The SMILES string of the molecule is CC1CCC(CCC(=O)NCCC(=O)O)O1. The van der Waals surface area contributed by atoms with Crippen molar-refractivity contribution in [3.05, 3.63) is 0 Å². The first kappa shape index (κ1) is 13.0. The first-order chi connectivity index (χ1) is 7.58. The standard InChI is InChI=1S/C11H19NO4/c1-8-2-3-9(16-8)4-5-10(13)12-7-6-11(14)15/h8-9H,2-7H2,1H3,(H,12,13)(H,14,15). The van der Waals surface area contributed by atoms with Crippen molar-refractivity contribution < 1.29 is 19.4 Å². The Hall–Kier alpha value is -1.10. The molecule has 1 fully saturated rings. The molecule has 92 valence electrons. The molecule has 1 aliphatic heterocycles. The van der Waals surface area contributed by atoms with Crippen LogP contribution in [0.3, 0.4) is 0 Å². The zero-order valence-electron chi connectivity index (χ0n) is 9.57. The molecule has 0 aromatic carbocycles. The topological polar surface area (TPSA) is 75.6 Å². The third-order valence-corrected chi connectivity index (χ3v) is 2.67. The third kappa shape index (κ3) is 5.11. The number of rotatable bonds is 6. The molecular weight excluding hydrogens is 210 g/mol. The summed E-state index contributed by atoms with van der Waals surface area (Å²) in [6, 6.07) is 0. The van der Waals surface area contributed by atoms with Crippen LogP contribution in [0.1, 0.15) is 39.0 Å². The van der Waals surface area contributed by atoms with Crippen LogP contribution >= 0.6 is 0 Å². The molecule has 0 radical (unpaired) electrons. The van der Waals surface area contributed by atoms with Crippen LogP contribution in [0.4, 0.5) is 0 Å². The Morgan fingerprint density at radius 3 is 2.69 bits per heavy atom. The summed E-state index contributed by atoms with van der Waals surface area (Å²) in [6.07, 6.45) is 3.69. The molecule has 16 heavy (non-hydrogen) atoms. The molecule has 0 spiro atoms. The van der Waals surface area contributed by atoms with Crippen LogP contribution in [0.5, 0.6) is 0 Å². The van der Waals surface area contributed by atoms with Gasteiger partial charge in [-0.3, -0.25) is 9.59 Å². The zero-order valence-corrected chi connectivity index (χ0v) is 9.57. The van der Waals surface area contributed by atoms with Gasteiger partial charge in [0.2, 0.25) is 5.91 Å². The number of aliphatic carboxylic acids is 1. The Labute approximate surface area is 95.2 Å². The van der Waals surface area contributed by atoms with Crippen LogP contribution in [0, 0.1) is 0 Å². The van der Waals surface area contributed by atoms with Gasteiger partial charge in [0, 0.05) is 13.0 Å². The molecule has 1 saturated heterocycles. The molecule has 1 rings (SSSR count). The molecule has 0 aliphatic carbocycles. The molecule has 1 amide bonds. The molecule has 2 atom stereocenters. The maximum atomic E-state index is 11.3. The van der Waals surface area contributed by atoms with Crippen molar-refractivity contribution in [3.63, 3.8) is 0 Å². The van der Waals surface area contributed by atoms with Gasteiger partial charge in [-0.15, -0.1) is 0 Å². The molecule has 0 bridgehead atoms. The van der Waals surface area contributed by atoms with Crippen molar-refractivity contribution in [1.29, 1.82) is 0 Å². The van der Waals surface area contributed by atoms with E-state index in [4.69, 9.17) is 9.84 Å². The van der Waals surface area contributed by atoms with Crippen LogP contribution in [-0.4, -0.2) is 35.7 Å². The maximum absolute atomic E-state index is 11.3. The minimum Gasteiger partial charge on any atom is -0.481 e. The van der Waals surface area contributed by atoms with Gasteiger partial charge in [0.15, 0.2) is 0 Å². The first-order valence-electron chi connectivity index (χ1n) is 5.72. The van der Waals surface area contributed by atoms with E-state index in [9.17, 15) is 9.59 Å². The number of nitrogens with one attached hydrogen (secondary N) is 1. The predicted octanol–water partition coefficient (Wildman–Crippen LogP) is 0.925. The third-order valence-electron chi connectivity index (χ3n) is 2.67. The van der Waals surface area contributed by atoms with Crippen molar-refractivity contribution in [2.45, 2.75) is 51.2 Å². The Balaban J connectivity index is 2.04. The van der Waals surface area contributed by atoms with Gasteiger partial charge >= 0.3 is 5.97 Å². The van der Waals surface area contributed by atoms with E-state index >= 15 is 0 Å². The van der Waals surface area contributed by atoms with Crippen molar-refractivity contribution >= 4 is 11.9 Å². The van der Waals surface area contributed by atoms with Crippen molar-refractivity contribution in [2.75, 3.05) is 6.54 Å². The summed E-state index contributed by atoms with van der Waals surface area (Å²) in [5.41, 5.74) is 0. The smallest absolute Gasteiger partial charge is 0.305 e. The Kier molecular flexibility index (Phi) is 5.25. The highest BCUT2D eigenvalue weighted by molar-refractivity contribution is 5.76. The number of carbonyl (C=O) groups is 2. The van der Waals surface area contributed by atoms with Crippen molar-refractivity contribution in [1.82, 2.24) is 5.32 Å². The van der Waals surface area contributed by atoms with Crippen LogP contribution in [0.2, 0.25) is 0 Å². The fraction of sp³-hybridized carbons (Fsp3) is 0.818. The van der Waals surface area contributed by atoms with Gasteiger partial charge < -0.3 is 15.2 Å². The number of amides is 1. The summed E-state index contributed by atoms with van der Waals surface area (Å²) in [6.45, 7) is 2.24. The fourth-order valence-electron chi connectivity index (χ4n) is 1.79. The molecule has 5 nitrogen and oxygen atoms in total. The fourth-order valence-corrected chi connectivity index (χ4v) is 1.79. The number of hydrogen-bond acceptors (Lipinski definition) is 3. The zero-order chi connectivity index (χ0) is 12.0. The average Bonchev–Trinajstić information content (AvgIpc) is 2.61. The molecular formula is C11H19NO4. The van der Waals surface area contributed by atoms with E-state index in [-0.39, 0.29) is 25.0 Å². The van der Waals surface area contributed by atoms with Crippen LogP contribution in [-0.2, 0) is 14.3 Å². The van der Waals surface area contributed by atoms with Crippen molar-refractivity contribution in [2.24, 2.45) is 0 Å². The molecule has 0 aromatic rings. The van der Waals surface area contributed by atoms with E-state index in [0.29, 0.717) is 12.5 Å². The second-order valence-corrected chi connectivity index (χ2v) is 4.18. The van der Waals surface area contributed by atoms with Gasteiger partial charge in [-0.2, -0.15) is 0 Å². The summed E-state index contributed by atoms with van der Waals surface area (Å²) in [5, 5.41) is 11.0. The molecule has 2 N–H and O–H groups in total. The highest BCUT2D eigenvalue weighted by atomic mass is 16.5. The van der Waals surface area contributed by atoms with E-state index in [0.717, 1.165) is 19.3 Å². The molecule has 1 heterocycles. The monoisotopic (exact) mass is 229 g/mol.